The van der Waals surface area contributed by atoms with Gasteiger partial charge in [0, 0.05) is 14.9 Å². The molecule has 2 N–H and O–H groups in total. The lowest BCUT2D eigenvalue weighted by atomic mass is 10.1. The topological polar surface area (TPSA) is 66.4 Å². The lowest BCUT2D eigenvalue weighted by molar-refractivity contribution is 0.0696. The number of carbonyl (C=O) groups excluding carboxylic acids is 1. The Bertz CT molecular complexity index is 686. The minimum absolute atomic E-state index is 0.117. The first-order valence-electron chi connectivity index (χ1n) is 5.99. The number of halogens is 1. The minimum Gasteiger partial charge on any atom is -0.478 e. The number of aromatic carboxylic acids is 1. The molecule has 6 heteroatoms. The maximum absolute atomic E-state index is 12.2. The van der Waals surface area contributed by atoms with Gasteiger partial charge in [-0.2, -0.15) is 0 Å². The van der Waals surface area contributed by atoms with Crippen molar-refractivity contribution in [2.24, 2.45) is 0 Å². The van der Waals surface area contributed by atoms with Gasteiger partial charge in [0.05, 0.1) is 11.3 Å². The highest BCUT2D eigenvalue weighted by atomic mass is 79.9. The predicted octanol–water partition coefficient (Wildman–Crippen LogP) is 4.12. The fourth-order valence-corrected chi connectivity index (χ4v) is 2.44. The zero-order chi connectivity index (χ0) is 15.4. The van der Waals surface area contributed by atoms with Gasteiger partial charge in [0.25, 0.3) is 5.91 Å². The molecule has 0 fully saturated rings. The Balaban J connectivity index is 2.22. The van der Waals surface area contributed by atoms with Crippen molar-refractivity contribution in [2.75, 3.05) is 11.6 Å². The first kappa shape index (κ1) is 15.6. The molecule has 0 bridgehead atoms. The van der Waals surface area contributed by atoms with Gasteiger partial charge in [-0.05, 0) is 64.7 Å². The summed E-state index contributed by atoms with van der Waals surface area (Å²) in [5.74, 6) is -1.33. The van der Waals surface area contributed by atoms with Gasteiger partial charge < -0.3 is 10.4 Å². The SMILES string of the molecule is CSc1ccc(C(=O)Nc2cc(C(=O)O)ccc2Br)cc1. The number of carboxylic acids is 1. The van der Waals surface area contributed by atoms with Gasteiger partial charge in [0.1, 0.15) is 0 Å². The van der Waals surface area contributed by atoms with Gasteiger partial charge in [-0.1, -0.05) is 0 Å². The van der Waals surface area contributed by atoms with Gasteiger partial charge in [0.15, 0.2) is 0 Å². The number of nitrogens with one attached hydrogen (secondary N) is 1. The molecule has 4 nitrogen and oxygen atoms in total. The Kier molecular flexibility index (Phi) is 5.03. The third-order valence-corrected chi connectivity index (χ3v) is 4.25. The molecule has 0 radical (unpaired) electrons. The molecule has 0 aliphatic rings. The number of amides is 1. The van der Waals surface area contributed by atoms with Crippen LogP contribution in [0.2, 0.25) is 0 Å². The third kappa shape index (κ3) is 3.86. The lowest BCUT2D eigenvalue weighted by Gasteiger charge is -2.09. The summed E-state index contributed by atoms with van der Waals surface area (Å²) in [6, 6.07) is 11.7. The van der Waals surface area contributed by atoms with Crippen LogP contribution in [0.25, 0.3) is 0 Å². The molecular weight excluding hydrogens is 354 g/mol. The second-order valence-electron chi connectivity index (χ2n) is 4.18. The Morgan fingerprint density at radius 1 is 1.10 bits per heavy atom. The third-order valence-electron chi connectivity index (χ3n) is 2.81. The van der Waals surface area contributed by atoms with Crippen molar-refractivity contribution >= 4 is 45.3 Å². The Morgan fingerprint density at radius 2 is 1.71 bits per heavy atom. The van der Waals surface area contributed by atoms with Crippen LogP contribution in [0.5, 0.6) is 0 Å². The molecule has 0 atom stereocenters. The van der Waals surface area contributed by atoms with E-state index in [0.29, 0.717) is 15.7 Å². The Labute approximate surface area is 134 Å². The van der Waals surface area contributed by atoms with E-state index in [1.165, 1.54) is 12.1 Å². The molecule has 108 valence electrons. The fourth-order valence-electron chi connectivity index (χ4n) is 1.69. The van der Waals surface area contributed by atoms with E-state index in [0.717, 1.165) is 4.90 Å². The maximum atomic E-state index is 12.2. The number of carbonyl (C=O) groups is 2. The highest BCUT2D eigenvalue weighted by Crippen LogP contribution is 2.24. The van der Waals surface area contributed by atoms with Crippen LogP contribution in [-0.4, -0.2) is 23.2 Å². The van der Waals surface area contributed by atoms with E-state index in [1.807, 2.05) is 18.4 Å². The predicted molar refractivity (Wildman–Crippen MR) is 87.3 cm³/mol. The normalized spacial score (nSPS) is 10.2. The summed E-state index contributed by atoms with van der Waals surface area (Å²) < 4.78 is 0.626. The quantitative estimate of drug-likeness (QED) is 0.799. The van der Waals surface area contributed by atoms with E-state index < -0.39 is 5.97 Å². The largest absolute Gasteiger partial charge is 0.478 e. The summed E-state index contributed by atoms with van der Waals surface area (Å²) in [6.45, 7) is 0. The van der Waals surface area contributed by atoms with Gasteiger partial charge in [-0.15, -0.1) is 11.8 Å². The van der Waals surface area contributed by atoms with Gasteiger partial charge in [-0.25, -0.2) is 4.79 Å². The number of rotatable bonds is 4. The maximum Gasteiger partial charge on any atom is 0.335 e. The van der Waals surface area contributed by atoms with Crippen LogP contribution in [0.15, 0.2) is 51.8 Å². The first-order chi connectivity index (χ1) is 10.0. The summed E-state index contributed by atoms with van der Waals surface area (Å²) in [6.07, 6.45) is 1.96. The number of hydrogen-bond donors (Lipinski definition) is 2. The van der Waals surface area contributed by atoms with Crippen molar-refractivity contribution in [1.82, 2.24) is 0 Å². The molecule has 21 heavy (non-hydrogen) atoms. The summed E-state index contributed by atoms with van der Waals surface area (Å²) in [7, 11) is 0. The van der Waals surface area contributed by atoms with Crippen molar-refractivity contribution in [1.29, 1.82) is 0 Å². The van der Waals surface area contributed by atoms with Crippen LogP contribution >= 0.6 is 27.7 Å². The molecular formula is C15H12BrNO3S. The monoisotopic (exact) mass is 365 g/mol. The van der Waals surface area contributed by atoms with E-state index >= 15 is 0 Å². The number of benzene rings is 2. The number of carboxylic acid groups (broad SMARTS) is 1. The zero-order valence-electron chi connectivity index (χ0n) is 11.1. The number of thioether (sulfide) groups is 1. The van der Waals surface area contributed by atoms with Crippen molar-refractivity contribution in [2.45, 2.75) is 4.90 Å². The second-order valence-corrected chi connectivity index (χ2v) is 5.92. The van der Waals surface area contributed by atoms with E-state index in [9.17, 15) is 9.59 Å². The molecule has 2 aromatic carbocycles. The van der Waals surface area contributed by atoms with Gasteiger partial charge in [0.2, 0.25) is 0 Å². The number of hydrogen-bond acceptors (Lipinski definition) is 3. The van der Waals surface area contributed by atoms with Crippen LogP contribution in [0.4, 0.5) is 5.69 Å². The minimum atomic E-state index is -1.04. The van der Waals surface area contributed by atoms with Crippen molar-refractivity contribution in [3.8, 4) is 0 Å². The summed E-state index contributed by atoms with van der Waals surface area (Å²) in [4.78, 5) is 24.2. The van der Waals surface area contributed by atoms with Crippen LogP contribution in [-0.2, 0) is 0 Å². The fraction of sp³-hybridized carbons (Fsp3) is 0.0667. The summed E-state index contributed by atoms with van der Waals surface area (Å²) >= 11 is 4.89. The van der Waals surface area contributed by atoms with Gasteiger partial charge in [-0.3, -0.25) is 4.79 Å². The Morgan fingerprint density at radius 3 is 2.29 bits per heavy atom. The van der Waals surface area contributed by atoms with E-state index in [1.54, 1.807) is 30.0 Å². The lowest BCUT2D eigenvalue weighted by Crippen LogP contribution is -2.12. The van der Waals surface area contributed by atoms with Crippen LogP contribution in [0.3, 0.4) is 0 Å². The number of anilines is 1. The second kappa shape index (κ2) is 6.78. The molecule has 0 heterocycles. The molecule has 0 spiro atoms. The average molecular weight is 366 g/mol. The van der Waals surface area contributed by atoms with E-state index in [2.05, 4.69) is 21.2 Å². The summed E-state index contributed by atoms with van der Waals surface area (Å²) in [5, 5.41) is 11.7. The van der Waals surface area contributed by atoms with Gasteiger partial charge >= 0.3 is 5.97 Å². The zero-order valence-corrected chi connectivity index (χ0v) is 13.5. The smallest absolute Gasteiger partial charge is 0.335 e. The molecule has 0 unspecified atom stereocenters. The molecule has 1 amide bonds. The van der Waals surface area contributed by atoms with E-state index in [4.69, 9.17) is 5.11 Å². The molecule has 0 aromatic heterocycles. The standard InChI is InChI=1S/C15H12BrNO3S/c1-21-11-5-2-9(3-6-11)14(18)17-13-8-10(15(19)20)4-7-12(13)16/h2-8H,1H3,(H,17,18)(H,19,20). The van der Waals surface area contributed by atoms with Crippen LogP contribution in [0.1, 0.15) is 20.7 Å². The average Bonchev–Trinajstić information content (AvgIpc) is 2.49. The molecule has 0 aliphatic carbocycles. The van der Waals surface area contributed by atoms with Crippen molar-refractivity contribution in [3.63, 3.8) is 0 Å². The molecule has 0 aliphatic heterocycles. The first-order valence-corrected chi connectivity index (χ1v) is 8.01. The molecule has 0 saturated heterocycles. The van der Waals surface area contributed by atoms with Crippen LogP contribution < -0.4 is 5.32 Å². The molecule has 0 saturated carbocycles. The van der Waals surface area contributed by atoms with Crippen molar-refractivity contribution < 1.29 is 14.7 Å². The summed E-state index contributed by atoms with van der Waals surface area (Å²) in [5.41, 5.74) is 1.06. The van der Waals surface area contributed by atoms with Crippen LogP contribution in [0, 0.1) is 0 Å². The van der Waals surface area contributed by atoms with Crippen molar-refractivity contribution in [3.05, 3.63) is 58.1 Å². The Hall–Kier alpha value is -1.79. The highest BCUT2D eigenvalue weighted by molar-refractivity contribution is 9.10. The molecule has 2 aromatic rings. The highest BCUT2D eigenvalue weighted by Gasteiger charge is 2.11. The van der Waals surface area contributed by atoms with E-state index in [-0.39, 0.29) is 11.5 Å². The molecule has 2 rings (SSSR count).